The summed E-state index contributed by atoms with van der Waals surface area (Å²) >= 11 is 1.41. The standard InChI is InChI=1S/C11H11F2NS/c1-11(2,3)10-14-8-4-6(12)7(13)5-9(8)15-10/h4-5H,1-3H3. The lowest BCUT2D eigenvalue weighted by Gasteiger charge is -2.13. The molecule has 1 aromatic carbocycles. The number of nitrogens with zero attached hydrogens (tertiary/aromatic N) is 1. The second kappa shape index (κ2) is 3.23. The Bertz CT molecular complexity index is 472. The van der Waals surface area contributed by atoms with Crippen LogP contribution in [0.15, 0.2) is 12.1 Å². The first-order valence-electron chi connectivity index (χ1n) is 4.64. The lowest BCUT2D eigenvalue weighted by atomic mass is 9.98. The maximum absolute atomic E-state index is 13.0. The third-order valence-corrected chi connectivity index (χ3v) is 3.52. The monoisotopic (exact) mass is 227 g/mol. The van der Waals surface area contributed by atoms with Crippen LogP contribution in [-0.2, 0) is 5.41 Å². The number of hydrogen-bond acceptors (Lipinski definition) is 2. The molecular formula is C11H11F2NS. The molecule has 0 radical (unpaired) electrons. The molecule has 1 nitrogen and oxygen atoms in total. The van der Waals surface area contributed by atoms with Gasteiger partial charge in [-0.2, -0.15) is 0 Å². The Morgan fingerprint density at radius 1 is 1.13 bits per heavy atom. The molecule has 0 bridgehead atoms. The van der Waals surface area contributed by atoms with E-state index in [9.17, 15) is 8.78 Å². The Balaban J connectivity index is 2.66. The van der Waals surface area contributed by atoms with Gasteiger partial charge in [-0.1, -0.05) is 20.8 Å². The van der Waals surface area contributed by atoms with Gasteiger partial charge in [0, 0.05) is 11.5 Å². The highest BCUT2D eigenvalue weighted by Gasteiger charge is 2.19. The van der Waals surface area contributed by atoms with E-state index < -0.39 is 11.6 Å². The predicted octanol–water partition coefficient (Wildman–Crippen LogP) is 3.87. The van der Waals surface area contributed by atoms with Crippen molar-refractivity contribution < 1.29 is 8.78 Å². The number of thiazole rings is 1. The quantitative estimate of drug-likeness (QED) is 0.665. The van der Waals surface area contributed by atoms with Gasteiger partial charge < -0.3 is 0 Å². The normalized spacial score (nSPS) is 12.3. The van der Waals surface area contributed by atoms with E-state index in [1.807, 2.05) is 20.8 Å². The van der Waals surface area contributed by atoms with Crippen LogP contribution in [0.1, 0.15) is 25.8 Å². The van der Waals surface area contributed by atoms with Gasteiger partial charge in [0.25, 0.3) is 0 Å². The zero-order valence-electron chi connectivity index (χ0n) is 8.77. The molecule has 2 aromatic rings. The van der Waals surface area contributed by atoms with E-state index in [-0.39, 0.29) is 5.41 Å². The first-order chi connectivity index (χ1) is 6.88. The maximum atomic E-state index is 13.0. The van der Waals surface area contributed by atoms with Gasteiger partial charge in [-0.15, -0.1) is 11.3 Å². The molecule has 80 valence electrons. The molecule has 0 aliphatic carbocycles. The van der Waals surface area contributed by atoms with Crippen molar-refractivity contribution in [2.24, 2.45) is 0 Å². The lowest BCUT2D eigenvalue weighted by Crippen LogP contribution is -2.09. The zero-order valence-corrected chi connectivity index (χ0v) is 9.58. The number of hydrogen-bond donors (Lipinski definition) is 0. The highest BCUT2D eigenvalue weighted by Crippen LogP contribution is 2.31. The molecule has 1 heterocycles. The molecule has 0 atom stereocenters. The summed E-state index contributed by atoms with van der Waals surface area (Å²) in [5, 5.41) is 0.891. The third kappa shape index (κ3) is 1.86. The minimum absolute atomic E-state index is 0.0867. The topological polar surface area (TPSA) is 12.9 Å². The van der Waals surface area contributed by atoms with E-state index in [2.05, 4.69) is 4.98 Å². The van der Waals surface area contributed by atoms with Crippen molar-refractivity contribution in [3.8, 4) is 0 Å². The summed E-state index contributed by atoms with van der Waals surface area (Å²) < 4.78 is 26.6. The fourth-order valence-corrected chi connectivity index (χ4v) is 2.27. The van der Waals surface area contributed by atoms with Gasteiger partial charge >= 0.3 is 0 Å². The molecule has 0 aliphatic heterocycles. The Morgan fingerprint density at radius 3 is 2.33 bits per heavy atom. The van der Waals surface area contributed by atoms with Crippen LogP contribution in [0.5, 0.6) is 0 Å². The molecule has 0 fully saturated rings. The molecule has 2 rings (SSSR count). The van der Waals surface area contributed by atoms with Crippen LogP contribution in [0.25, 0.3) is 10.2 Å². The predicted molar refractivity (Wildman–Crippen MR) is 58.2 cm³/mol. The highest BCUT2D eigenvalue weighted by molar-refractivity contribution is 7.18. The highest BCUT2D eigenvalue weighted by atomic mass is 32.1. The summed E-state index contributed by atoms with van der Waals surface area (Å²) in [7, 11) is 0. The van der Waals surface area contributed by atoms with Crippen LogP contribution in [0.3, 0.4) is 0 Å². The smallest absolute Gasteiger partial charge is 0.161 e. The molecule has 1 aromatic heterocycles. The fraction of sp³-hybridized carbons (Fsp3) is 0.364. The maximum Gasteiger partial charge on any atom is 0.161 e. The van der Waals surface area contributed by atoms with Crippen LogP contribution in [0.2, 0.25) is 0 Å². The number of rotatable bonds is 0. The van der Waals surface area contributed by atoms with Gasteiger partial charge in [-0.05, 0) is 6.07 Å². The van der Waals surface area contributed by atoms with Gasteiger partial charge in [0.2, 0.25) is 0 Å². The summed E-state index contributed by atoms with van der Waals surface area (Å²) in [4.78, 5) is 4.30. The zero-order chi connectivity index (χ0) is 11.2. The van der Waals surface area contributed by atoms with E-state index in [1.54, 1.807) is 0 Å². The van der Waals surface area contributed by atoms with Crippen molar-refractivity contribution in [3.63, 3.8) is 0 Å². The van der Waals surface area contributed by atoms with Gasteiger partial charge in [-0.3, -0.25) is 0 Å². The molecule has 0 unspecified atom stereocenters. The largest absolute Gasteiger partial charge is 0.241 e. The van der Waals surface area contributed by atoms with Crippen LogP contribution in [-0.4, -0.2) is 4.98 Å². The first-order valence-corrected chi connectivity index (χ1v) is 5.45. The minimum atomic E-state index is -0.840. The van der Waals surface area contributed by atoms with Crippen molar-refractivity contribution in [1.29, 1.82) is 0 Å². The molecule has 0 aliphatic rings. The summed E-state index contributed by atoms with van der Waals surface area (Å²) in [6.07, 6.45) is 0. The summed E-state index contributed by atoms with van der Waals surface area (Å²) in [6, 6.07) is 2.36. The Hall–Kier alpha value is -1.03. The van der Waals surface area contributed by atoms with E-state index in [4.69, 9.17) is 0 Å². The Labute approximate surface area is 90.8 Å². The SMILES string of the molecule is CC(C)(C)c1nc2cc(F)c(F)cc2s1. The average molecular weight is 227 g/mol. The molecular weight excluding hydrogens is 216 g/mol. The van der Waals surface area contributed by atoms with Gasteiger partial charge in [0.15, 0.2) is 11.6 Å². The van der Waals surface area contributed by atoms with Crippen LogP contribution < -0.4 is 0 Å². The Morgan fingerprint density at radius 2 is 1.73 bits per heavy atom. The summed E-state index contributed by atoms with van der Waals surface area (Å²) in [5.41, 5.74) is 0.445. The molecule has 15 heavy (non-hydrogen) atoms. The van der Waals surface area contributed by atoms with Gasteiger partial charge in [-0.25, -0.2) is 13.8 Å². The van der Waals surface area contributed by atoms with Gasteiger partial charge in [0.05, 0.1) is 15.2 Å². The molecule has 0 spiro atoms. The summed E-state index contributed by atoms with van der Waals surface area (Å²) in [6.45, 7) is 6.08. The van der Waals surface area contributed by atoms with E-state index in [1.165, 1.54) is 17.4 Å². The molecule has 0 N–H and O–H groups in total. The van der Waals surface area contributed by atoms with Crippen molar-refractivity contribution in [3.05, 3.63) is 28.8 Å². The van der Waals surface area contributed by atoms with Crippen molar-refractivity contribution in [1.82, 2.24) is 4.98 Å². The lowest BCUT2D eigenvalue weighted by molar-refractivity contribution is 0.511. The molecule has 0 amide bonds. The fourth-order valence-electron chi connectivity index (χ4n) is 1.24. The summed E-state index contributed by atoms with van der Waals surface area (Å²) in [5.74, 6) is -1.65. The molecule has 4 heteroatoms. The molecule has 0 saturated heterocycles. The van der Waals surface area contributed by atoms with Crippen LogP contribution in [0.4, 0.5) is 8.78 Å². The van der Waals surface area contributed by atoms with E-state index in [0.717, 1.165) is 11.1 Å². The third-order valence-electron chi connectivity index (χ3n) is 2.07. The second-order valence-corrected chi connectivity index (χ2v) is 5.53. The Kier molecular flexibility index (Phi) is 2.26. The molecule has 0 saturated carbocycles. The number of fused-ring (bicyclic) bond motifs is 1. The van der Waals surface area contributed by atoms with Gasteiger partial charge in [0.1, 0.15) is 0 Å². The first kappa shape index (κ1) is 10.5. The second-order valence-electron chi connectivity index (χ2n) is 4.50. The number of aromatic nitrogens is 1. The van der Waals surface area contributed by atoms with Crippen LogP contribution >= 0.6 is 11.3 Å². The minimum Gasteiger partial charge on any atom is -0.241 e. The number of halogens is 2. The van der Waals surface area contributed by atoms with E-state index >= 15 is 0 Å². The van der Waals surface area contributed by atoms with Crippen molar-refractivity contribution in [2.45, 2.75) is 26.2 Å². The van der Waals surface area contributed by atoms with E-state index in [0.29, 0.717) is 10.2 Å². The van der Waals surface area contributed by atoms with Crippen molar-refractivity contribution >= 4 is 21.6 Å². The van der Waals surface area contributed by atoms with Crippen LogP contribution in [0, 0.1) is 11.6 Å². The average Bonchev–Trinajstić information content (AvgIpc) is 2.47. The van der Waals surface area contributed by atoms with Crippen molar-refractivity contribution in [2.75, 3.05) is 0 Å². The number of benzene rings is 1.